The van der Waals surface area contributed by atoms with Crippen LogP contribution in [0.5, 0.6) is 0 Å². The Bertz CT molecular complexity index is 1300. The minimum atomic E-state index is -3.71. The van der Waals surface area contributed by atoms with Gasteiger partial charge in [-0.25, -0.2) is 13.2 Å². The summed E-state index contributed by atoms with van der Waals surface area (Å²) in [6.45, 7) is 0.692. The summed E-state index contributed by atoms with van der Waals surface area (Å²) < 4.78 is 34.0. The second kappa shape index (κ2) is 9.13. The Balaban J connectivity index is 1.37. The van der Waals surface area contributed by atoms with Crippen molar-refractivity contribution in [1.82, 2.24) is 8.87 Å². The number of aryl methyl sites for hydroxylation is 1. The highest BCUT2D eigenvalue weighted by Crippen LogP contribution is 2.28. The predicted molar refractivity (Wildman–Crippen MR) is 124 cm³/mol. The smallest absolute Gasteiger partial charge is 0.408 e. The molecule has 0 bridgehead atoms. The Kier molecular flexibility index (Phi) is 6.45. The lowest BCUT2D eigenvalue weighted by Crippen LogP contribution is -2.39. The number of benzene rings is 2. The van der Waals surface area contributed by atoms with Gasteiger partial charge in [-0.05, 0) is 55.3 Å². The van der Waals surface area contributed by atoms with Crippen LogP contribution in [0.15, 0.2) is 61.5 Å². The quantitative estimate of drug-likeness (QED) is 0.549. The zero-order valence-electron chi connectivity index (χ0n) is 17.9. The van der Waals surface area contributed by atoms with Gasteiger partial charge in [-0.2, -0.15) is 4.31 Å². The van der Waals surface area contributed by atoms with Gasteiger partial charge in [-0.1, -0.05) is 6.07 Å². The van der Waals surface area contributed by atoms with Crippen molar-refractivity contribution in [3.05, 3.63) is 53.0 Å². The van der Waals surface area contributed by atoms with E-state index in [9.17, 15) is 18.0 Å². The highest BCUT2D eigenvalue weighted by atomic mass is 32.2. The fourth-order valence-corrected chi connectivity index (χ4v) is 5.90. The third-order valence-corrected chi connectivity index (χ3v) is 8.42. The van der Waals surface area contributed by atoms with Crippen LogP contribution in [0.25, 0.3) is 11.1 Å². The number of hydrogen-bond donors (Lipinski definition) is 1. The monoisotopic (exact) mass is 475 g/mol. The molecule has 1 aliphatic rings. The SMILES string of the molecule is CSc1cccc(NC(=O)CC2CCN(S(=O)(=O)c3ccc4c(c3)oc(=O)n4C)CC2)c1. The minimum absolute atomic E-state index is 0.0610. The molecule has 0 saturated carbocycles. The molecule has 32 heavy (non-hydrogen) atoms. The summed E-state index contributed by atoms with van der Waals surface area (Å²) in [7, 11) is -2.13. The number of carbonyl (C=O) groups excluding carboxylic acids is 1. The summed E-state index contributed by atoms with van der Waals surface area (Å²) in [6.07, 6.45) is 3.56. The van der Waals surface area contributed by atoms with Crippen molar-refractivity contribution in [3.8, 4) is 0 Å². The molecule has 0 atom stereocenters. The van der Waals surface area contributed by atoms with Gasteiger partial charge < -0.3 is 9.73 Å². The average Bonchev–Trinajstić information content (AvgIpc) is 3.07. The minimum Gasteiger partial charge on any atom is -0.408 e. The molecule has 0 radical (unpaired) electrons. The number of sulfonamides is 1. The lowest BCUT2D eigenvalue weighted by molar-refractivity contribution is -0.117. The van der Waals surface area contributed by atoms with Crippen LogP contribution in [0, 0.1) is 5.92 Å². The first-order valence-electron chi connectivity index (χ1n) is 10.3. The molecular weight excluding hydrogens is 450 g/mol. The maximum absolute atomic E-state index is 13.1. The van der Waals surface area contributed by atoms with Crippen molar-refractivity contribution in [2.45, 2.75) is 29.1 Å². The summed E-state index contributed by atoms with van der Waals surface area (Å²) >= 11 is 1.61. The number of thioether (sulfide) groups is 1. The molecule has 1 N–H and O–H groups in total. The van der Waals surface area contributed by atoms with E-state index in [-0.39, 0.29) is 22.3 Å². The van der Waals surface area contributed by atoms with E-state index in [1.807, 2.05) is 30.5 Å². The number of nitrogens with zero attached hydrogens (tertiary/aromatic N) is 2. The fourth-order valence-electron chi connectivity index (χ4n) is 3.95. The number of fused-ring (bicyclic) bond motifs is 1. The summed E-state index contributed by atoms with van der Waals surface area (Å²) in [5.74, 6) is -0.470. The van der Waals surface area contributed by atoms with Crippen LogP contribution in [0.3, 0.4) is 0 Å². The topological polar surface area (TPSA) is 102 Å². The van der Waals surface area contributed by atoms with Gasteiger partial charge in [0.25, 0.3) is 0 Å². The number of anilines is 1. The van der Waals surface area contributed by atoms with Crippen LogP contribution in [-0.2, 0) is 21.9 Å². The van der Waals surface area contributed by atoms with Crippen molar-refractivity contribution in [2.75, 3.05) is 24.7 Å². The van der Waals surface area contributed by atoms with E-state index >= 15 is 0 Å². The number of amides is 1. The lowest BCUT2D eigenvalue weighted by atomic mass is 9.94. The van der Waals surface area contributed by atoms with Gasteiger partial charge in [-0.15, -0.1) is 11.8 Å². The first kappa shape index (κ1) is 22.6. The molecule has 1 fully saturated rings. The Labute approximate surface area is 190 Å². The van der Waals surface area contributed by atoms with Crippen molar-refractivity contribution >= 4 is 44.5 Å². The van der Waals surface area contributed by atoms with E-state index < -0.39 is 15.8 Å². The third-order valence-electron chi connectivity index (χ3n) is 5.80. The highest BCUT2D eigenvalue weighted by Gasteiger charge is 2.30. The number of carbonyl (C=O) groups is 1. The van der Waals surface area contributed by atoms with Crippen molar-refractivity contribution in [1.29, 1.82) is 0 Å². The van der Waals surface area contributed by atoms with Crippen LogP contribution >= 0.6 is 11.8 Å². The molecular formula is C22H25N3O5S2. The molecule has 0 aliphatic carbocycles. The average molecular weight is 476 g/mol. The Hall–Kier alpha value is -2.56. The number of oxazole rings is 1. The summed E-state index contributed by atoms with van der Waals surface area (Å²) in [5.41, 5.74) is 1.56. The second-order valence-electron chi connectivity index (χ2n) is 7.89. The molecule has 0 unspecified atom stereocenters. The number of nitrogens with one attached hydrogen (secondary N) is 1. The Morgan fingerprint density at radius 1 is 1.19 bits per heavy atom. The van der Waals surface area contributed by atoms with E-state index in [1.54, 1.807) is 24.9 Å². The first-order valence-corrected chi connectivity index (χ1v) is 13.0. The molecule has 1 aliphatic heterocycles. The molecule has 2 aromatic carbocycles. The van der Waals surface area contributed by atoms with Gasteiger partial charge >= 0.3 is 5.76 Å². The number of hydrogen-bond acceptors (Lipinski definition) is 6. The van der Waals surface area contributed by atoms with E-state index in [4.69, 9.17) is 4.42 Å². The largest absolute Gasteiger partial charge is 0.419 e. The number of aromatic nitrogens is 1. The molecule has 8 nitrogen and oxygen atoms in total. The van der Waals surface area contributed by atoms with Crippen molar-refractivity contribution in [2.24, 2.45) is 13.0 Å². The van der Waals surface area contributed by atoms with Gasteiger partial charge in [-0.3, -0.25) is 9.36 Å². The summed E-state index contributed by atoms with van der Waals surface area (Å²) in [4.78, 5) is 25.3. The zero-order valence-corrected chi connectivity index (χ0v) is 19.5. The van der Waals surface area contributed by atoms with Crippen LogP contribution in [0.2, 0.25) is 0 Å². The molecule has 170 valence electrons. The Morgan fingerprint density at radius 2 is 1.94 bits per heavy atom. The van der Waals surface area contributed by atoms with Gasteiger partial charge in [0.1, 0.15) is 0 Å². The second-order valence-corrected chi connectivity index (χ2v) is 10.7. The summed E-state index contributed by atoms with van der Waals surface area (Å²) in [6, 6.07) is 12.2. The van der Waals surface area contributed by atoms with E-state index in [0.29, 0.717) is 37.9 Å². The number of piperidine rings is 1. The molecule has 1 aromatic heterocycles. The zero-order chi connectivity index (χ0) is 22.9. The predicted octanol–water partition coefficient (Wildman–Crippen LogP) is 3.28. The maximum Gasteiger partial charge on any atom is 0.419 e. The van der Waals surface area contributed by atoms with E-state index in [1.165, 1.54) is 21.0 Å². The standard InChI is InChI=1S/C22H25N3O5S2/c1-24-19-7-6-18(14-20(19)30-22(24)27)32(28,29)25-10-8-15(9-11-25)12-21(26)23-16-4-3-5-17(13-16)31-2/h3-7,13-15H,8-12H2,1-2H3,(H,23,26). The lowest BCUT2D eigenvalue weighted by Gasteiger charge is -2.31. The molecule has 2 heterocycles. The van der Waals surface area contributed by atoms with Crippen LogP contribution in [0.4, 0.5) is 5.69 Å². The van der Waals surface area contributed by atoms with E-state index in [0.717, 1.165) is 10.6 Å². The molecule has 1 saturated heterocycles. The van der Waals surface area contributed by atoms with Gasteiger partial charge in [0, 0.05) is 43.2 Å². The van der Waals surface area contributed by atoms with Crippen LogP contribution in [-0.4, -0.2) is 42.5 Å². The molecule has 1 amide bonds. The molecule has 4 rings (SSSR count). The van der Waals surface area contributed by atoms with Crippen LogP contribution < -0.4 is 11.1 Å². The third kappa shape index (κ3) is 4.62. The summed E-state index contributed by atoms with van der Waals surface area (Å²) in [5, 5.41) is 2.93. The van der Waals surface area contributed by atoms with Crippen molar-refractivity contribution < 1.29 is 17.6 Å². The molecule has 0 spiro atoms. The number of rotatable bonds is 6. The first-order chi connectivity index (χ1) is 15.3. The van der Waals surface area contributed by atoms with Crippen molar-refractivity contribution in [3.63, 3.8) is 0 Å². The Morgan fingerprint density at radius 3 is 2.66 bits per heavy atom. The van der Waals surface area contributed by atoms with Gasteiger partial charge in [0.15, 0.2) is 5.58 Å². The van der Waals surface area contributed by atoms with Crippen LogP contribution in [0.1, 0.15) is 19.3 Å². The molecule has 3 aromatic rings. The van der Waals surface area contributed by atoms with Gasteiger partial charge in [0.05, 0.1) is 10.4 Å². The maximum atomic E-state index is 13.1. The highest BCUT2D eigenvalue weighted by molar-refractivity contribution is 7.98. The molecule has 10 heteroatoms. The van der Waals surface area contributed by atoms with Gasteiger partial charge in [0.2, 0.25) is 15.9 Å². The normalized spacial score (nSPS) is 15.8. The van der Waals surface area contributed by atoms with E-state index in [2.05, 4.69) is 5.32 Å². The fraction of sp³-hybridized carbons (Fsp3) is 0.364.